The summed E-state index contributed by atoms with van der Waals surface area (Å²) in [7, 11) is 0. The van der Waals surface area contributed by atoms with Gasteiger partial charge in [-0.1, -0.05) is 15.9 Å². The summed E-state index contributed by atoms with van der Waals surface area (Å²) in [6.07, 6.45) is 0. The van der Waals surface area contributed by atoms with Gasteiger partial charge in [0, 0.05) is 8.04 Å². The summed E-state index contributed by atoms with van der Waals surface area (Å²) in [5, 5.41) is 0. The Labute approximate surface area is 138 Å². The van der Waals surface area contributed by atoms with E-state index in [1.807, 2.05) is 6.07 Å². The minimum atomic E-state index is 0.724. The molecule has 3 rings (SSSR count). The Morgan fingerprint density at radius 3 is 2.74 bits per heavy atom. The van der Waals surface area contributed by atoms with Gasteiger partial charge in [-0.3, -0.25) is 4.57 Å². The largest absolute Gasteiger partial charge is 0.330 e. The van der Waals surface area contributed by atoms with Gasteiger partial charge >= 0.3 is 0 Å². The van der Waals surface area contributed by atoms with Gasteiger partial charge in [0.1, 0.15) is 0 Å². The van der Waals surface area contributed by atoms with Gasteiger partial charge in [-0.15, -0.1) is 0 Å². The highest BCUT2D eigenvalue weighted by atomic mass is 127. The van der Waals surface area contributed by atoms with Crippen molar-refractivity contribution in [3.8, 4) is 5.69 Å². The van der Waals surface area contributed by atoms with Gasteiger partial charge in [0.2, 0.25) is 0 Å². The maximum Gasteiger partial charge on any atom is 0.182 e. The monoisotopic (exact) mass is 444 g/mol. The summed E-state index contributed by atoms with van der Waals surface area (Å²) < 4.78 is 5.08. The summed E-state index contributed by atoms with van der Waals surface area (Å²) in [5.74, 6) is 0. The average molecular weight is 445 g/mol. The lowest BCUT2D eigenvalue weighted by Gasteiger charge is -2.08. The van der Waals surface area contributed by atoms with E-state index in [1.54, 1.807) is 0 Å². The minimum Gasteiger partial charge on any atom is -0.330 e. The normalized spacial score (nSPS) is 11.1. The summed E-state index contributed by atoms with van der Waals surface area (Å²) in [6, 6.07) is 12.5. The molecular weight excluding hydrogens is 435 g/mol. The molecule has 0 aliphatic carbocycles. The smallest absolute Gasteiger partial charge is 0.182 e. The lowest BCUT2D eigenvalue weighted by molar-refractivity contribution is 1.05. The molecule has 0 saturated heterocycles. The SMILES string of the molecule is Cc1cc(Br)ccc1-n1c(=S)[nH]c2cc(I)ccc21. The van der Waals surface area contributed by atoms with Gasteiger partial charge in [0.15, 0.2) is 4.77 Å². The average Bonchev–Trinajstić information content (AvgIpc) is 2.65. The number of aromatic amines is 1. The Hall–Kier alpha value is -0.660. The lowest BCUT2D eigenvalue weighted by atomic mass is 10.2. The summed E-state index contributed by atoms with van der Waals surface area (Å²) in [5.41, 5.74) is 4.47. The Kier molecular flexibility index (Phi) is 3.53. The number of imidazole rings is 1. The molecule has 0 unspecified atom stereocenters. The zero-order valence-electron chi connectivity index (χ0n) is 10.1. The first-order valence-corrected chi connectivity index (χ1v) is 8.01. The van der Waals surface area contributed by atoms with E-state index in [9.17, 15) is 0 Å². The summed E-state index contributed by atoms with van der Waals surface area (Å²) in [4.78, 5) is 3.27. The van der Waals surface area contributed by atoms with E-state index < -0.39 is 0 Å². The van der Waals surface area contributed by atoms with Crippen molar-refractivity contribution in [1.82, 2.24) is 9.55 Å². The lowest BCUT2D eigenvalue weighted by Crippen LogP contribution is -1.96. The minimum absolute atomic E-state index is 0.724. The van der Waals surface area contributed by atoms with Crippen molar-refractivity contribution < 1.29 is 0 Å². The van der Waals surface area contributed by atoms with Crippen molar-refractivity contribution in [1.29, 1.82) is 0 Å². The van der Waals surface area contributed by atoms with Crippen molar-refractivity contribution in [2.45, 2.75) is 6.92 Å². The van der Waals surface area contributed by atoms with E-state index >= 15 is 0 Å². The first-order chi connectivity index (χ1) is 9.06. The third-order valence-corrected chi connectivity index (χ3v) is 4.49. The van der Waals surface area contributed by atoms with Crippen LogP contribution in [0, 0.1) is 15.3 Å². The molecule has 0 radical (unpaired) electrons. The van der Waals surface area contributed by atoms with E-state index in [0.29, 0.717) is 0 Å². The van der Waals surface area contributed by atoms with Crippen LogP contribution in [0.3, 0.4) is 0 Å². The molecule has 19 heavy (non-hydrogen) atoms. The molecule has 0 spiro atoms. The van der Waals surface area contributed by atoms with Crippen LogP contribution in [0.2, 0.25) is 0 Å². The fraction of sp³-hybridized carbons (Fsp3) is 0.0714. The number of rotatable bonds is 1. The molecule has 0 amide bonds. The van der Waals surface area contributed by atoms with Crippen LogP contribution in [0.25, 0.3) is 16.7 Å². The van der Waals surface area contributed by atoms with Gasteiger partial charge < -0.3 is 4.98 Å². The number of aryl methyl sites for hydroxylation is 1. The molecule has 96 valence electrons. The van der Waals surface area contributed by atoms with Crippen LogP contribution < -0.4 is 0 Å². The number of halogens is 2. The topological polar surface area (TPSA) is 20.7 Å². The van der Waals surface area contributed by atoms with Crippen molar-refractivity contribution >= 4 is 61.8 Å². The Balaban J connectivity index is 2.36. The van der Waals surface area contributed by atoms with E-state index in [0.717, 1.165) is 26.0 Å². The van der Waals surface area contributed by atoms with Crippen LogP contribution in [0.1, 0.15) is 5.56 Å². The molecule has 0 aliphatic heterocycles. The second-order valence-corrected chi connectivity index (χ2v) is 6.91. The Morgan fingerprint density at radius 1 is 1.21 bits per heavy atom. The quantitative estimate of drug-likeness (QED) is 0.395. The number of hydrogen-bond acceptors (Lipinski definition) is 1. The molecule has 0 atom stereocenters. The van der Waals surface area contributed by atoms with Crippen LogP contribution in [0.4, 0.5) is 0 Å². The van der Waals surface area contributed by atoms with E-state index in [-0.39, 0.29) is 0 Å². The highest BCUT2D eigenvalue weighted by Gasteiger charge is 2.09. The molecule has 1 N–H and O–H groups in total. The molecule has 0 fully saturated rings. The zero-order valence-corrected chi connectivity index (χ0v) is 14.6. The van der Waals surface area contributed by atoms with Crippen molar-refractivity contribution in [2.24, 2.45) is 0 Å². The second-order valence-electron chi connectivity index (χ2n) is 4.36. The number of hydrogen-bond donors (Lipinski definition) is 1. The molecule has 0 aliphatic rings. The van der Waals surface area contributed by atoms with Crippen LogP contribution in [-0.2, 0) is 0 Å². The molecule has 0 bridgehead atoms. The van der Waals surface area contributed by atoms with Gasteiger partial charge in [0.05, 0.1) is 16.7 Å². The number of fused-ring (bicyclic) bond motifs is 1. The van der Waals surface area contributed by atoms with Crippen molar-refractivity contribution in [3.63, 3.8) is 0 Å². The number of nitrogens with zero attached hydrogens (tertiary/aromatic N) is 1. The molecule has 0 saturated carbocycles. The molecule has 1 aromatic heterocycles. The number of aromatic nitrogens is 2. The standard InChI is InChI=1S/C14H10BrIN2S/c1-8-6-9(15)2-4-12(8)18-13-5-3-10(16)7-11(13)17-14(18)19/h2-7H,1H3,(H,17,19). The van der Waals surface area contributed by atoms with E-state index in [1.165, 1.54) is 9.13 Å². The van der Waals surface area contributed by atoms with Gasteiger partial charge in [-0.05, 0) is 83.7 Å². The van der Waals surface area contributed by atoms with Crippen molar-refractivity contribution in [3.05, 3.63) is 54.8 Å². The van der Waals surface area contributed by atoms with Crippen LogP contribution in [0.5, 0.6) is 0 Å². The van der Waals surface area contributed by atoms with Gasteiger partial charge in [-0.2, -0.15) is 0 Å². The highest BCUT2D eigenvalue weighted by molar-refractivity contribution is 14.1. The fourth-order valence-electron chi connectivity index (χ4n) is 2.19. The zero-order chi connectivity index (χ0) is 13.6. The summed E-state index contributed by atoms with van der Waals surface area (Å²) >= 11 is 11.3. The molecule has 1 heterocycles. The van der Waals surface area contributed by atoms with Gasteiger partial charge in [0.25, 0.3) is 0 Å². The molecule has 2 nitrogen and oxygen atoms in total. The third-order valence-electron chi connectivity index (χ3n) is 3.04. The maximum atomic E-state index is 5.46. The predicted molar refractivity (Wildman–Crippen MR) is 93.6 cm³/mol. The third kappa shape index (κ3) is 2.39. The highest BCUT2D eigenvalue weighted by Crippen LogP contribution is 2.25. The number of H-pyrrole nitrogens is 1. The number of nitrogens with one attached hydrogen (secondary N) is 1. The van der Waals surface area contributed by atoms with Crippen molar-refractivity contribution in [2.75, 3.05) is 0 Å². The van der Waals surface area contributed by atoms with Gasteiger partial charge in [-0.25, -0.2) is 0 Å². The number of benzene rings is 2. The first-order valence-electron chi connectivity index (χ1n) is 5.73. The second kappa shape index (κ2) is 5.03. The first kappa shape index (κ1) is 13.3. The molecule has 5 heteroatoms. The summed E-state index contributed by atoms with van der Waals surface area (Å²) in [6.45, 7) is 2.09. The Morgan fingerprint density at radius 2 is 2.00 bits per heavy atom. The Bertz CT molecular complexity index is 835. The van der Waals surface area contributed by atoms with E-state index in [2.05, 4.69) is 85.3 Å². The van der Waals surface area contributed by atoms with Crippen LogP contribution in [-0.4, -0.2) is 9.55 Å². The molecule has 3 aromatic rings. The maximum absolute atomic E-state index is 5.46. The molecular formula is C14H10BrIN2S. The van der Waals surface area contributed by atoms with E-state index in [4.69, 9.17) is 12.2 Å². The fourth-order valence-corrected chi connectivity index (χ4v) is 3.47. The molecule has 2 aromatic carbocycles. The van der Waals surface area contributed by atoms with Crippen LogP contribution >= 0.6 is 50.7 Å². The predicted octanol–water partition coefficient (Wildman–Crippen LogP) is 5.36. The van der Waals surface area contributed by atoms with Crippen LogP contribution in [0.15, 0.2) is 40.9 Å².